The van der Waals surface area contributed by atoms with Crippen LogP contribution in [0.5, 0.6) is 0 Å². The van der Waals surface area contributed by atoms with E-state index in [0.29, 0.717) is 10.8 Å². The maximum Gasteiger partial charge on any atom is 0.0704 e. The molecule has 1 heterocycles. The van der Waals surface area contributed by atoms with Gasteiger partial charge in [0.2, 0.25) is 0 Å². The molecule has 1 aliphatic carbocycles. The van der Waals surface area contributed by atoms with E-state index in [0.717, 1.165) is 25.4 Å². The lowest BCUT2D eigenvalue weighted by atomic mass is 9.64. The van der Waals surface area contributed by atoms with Gasteiger partial charge >= 0.3 is 0 Å². The molecule has 2 heteroatoms. The fourth-order valence-corrected chi connectivity index (χ4v) is 4.27. The van der Waals surface area contributed by atoms with Gasteiger partial charge in [-0.1, -0.05) is 20.8 Å². The second-order valence-electron chi connectivity index (χ2n) is 6.48. The molecule has 1 nitrogen and oxygen atoms in total. The van der Waals surface area contributed by atoms with E-state index in [-0.39, 0.29) is 5.60 Å². The minimum atomic E-state index is 0.103. The zero-order valence-corrected chi connectivity index (χ0v) is 10.9. The Balaban J connectivity index is 2.12. The highest BCUT2D eigenvalue weighted by Crippen LogP contribution is 2.49. The molecule has 0 amide bonds. The minimum Gasteiger partial charge on any atom is -0.375 e. The molecule has 15 heavy (non-hydrogen) atoms. The molecule has 0 N–H and O–H groups in total. The highest BCUT2D eigenvalue weighted by Gasteiger charge is 2.46. The molecule has 2 rings (SSSR count). The van der Waals surface area contributed by atoms with E-state index in [1.165, 1.54) is 19.3 Å². The normalized spacial score (nSPS) is 45.6. The zero-order valence-electron chi connectivity index (χ0n) is 10.2. The van der Waals surface area contributed by atoms with Gasteiger partial charge in [0.15, 0.2) is 0 Å². The van der Waals surface area contributed by atoms with Crippen molar-refractivity contribution in [2.75, 3.05) is 6.61 Å². The average molecular weight is 231 g/mol. The van der Waals surface area contributed by atoms with Crippen LogP contribution in [0.3, 0.4) is 0 Å². The largest absolute Gasteiger partial charge is 0.375 e. The average Bonchev–Trinajstić information content (AvgIpc) is 1.97. The van der Waals surface area contributed by atoms with Crippen molar-refractivity contribution < 1.29 is 4.74 Å². The molecule has 1 aliphatic heterocycles. The van der Waals surface area contributed by atoms with Crippen LogP contribution in [-0.4, -0.2) is 17.6 Å². The Hall–Kier alpha value is 0.250. The van der Waals surface area contributed by atoms with Gasteiger partial charge in [0.1, 0.15) is 0 Å². The number of rotatable bonds is 0. The van der Waals surface area contributed by atoms with Crippen molar-refractivity contribution in [1.82, 2.24) is 0 Å². The summed E-state index contributed by atoms with van der Waals surface area (Å²) in [5.74, 6) is 0.774. The molecule has 0 aromatic heterocycles. The van der Waals surface area contributed by atoms with Crippen LogP contribution in [0.25, 0.3) is 0 Å². The van der Waals surface area contributed by atoms with Crippen LogP contribution in [0.4, 0.5) is 0 Å². The Morgan fingerprint density at radius 2 is 1.93 bits per heavy atom. The quantitative estimate of drug-likeness (QED) is 0.572. The highest BCUT2D eigenvalue weighted by atomic mass is 35.5. The van der Waals surface area contributed by atoms with Crippen LogP contribution in [0, 0.1) is 11.3 Å². The van der Waals surface area contributed by atoms with Crippen LogP contribution in [-0.2, 0) is 4.74 Å². The topological polar surface area (TPSA) is 9.23 Å². The molecule has 3 unspecified atom stereocenters. The standard InChI is InChI=1S/C13H23ClO/c1-10-6-12(2,3)9-13(7-10)8-11(14)4-5-15-13/h10-11H,4-9H2,1-3H3. The van der Waals surface area contributed by atoms with Crippen LogP contribution in [0.1, 0.15) is 52.9 Å². The summed E-state index contributed by atoms with van der Waals surface area (Å²) in [6.07, 6.45) is 5.80. The van der Waals surface area contributed by atoms with Crippen molar-refractivity contribution in [1.29, 1.82) is 0 Å². The number of ether oxygens (including phenoxy) is 1. The molecule has 1 saturated heterocycles. The van der Waals surface area contributed by atoms with Crippen molar-refractivity contribution in [3.63, 3.8) is 0 Å². The lowest BCUT2D eigenvalue weighted by molar-refractivity contribution is -0.134. The summed E-state index contributed by atoms with van der Waals surface area (Å²) in [4.78, 5) is 0. The van der Waals surface area contributed by atoms with Crippen molar-refractivity contribution in [3.8, 4) is 0 Å². The van der Waals surface area contributed by atoms with E-state index < -0.39 is 0 Å². The summed E-state index contributed by atoms with van der Waals surface area (Å²) in [5, 5.41) is 0.333. The summed E-state index contributed by atoms with van der Waals surface area (Å²) in [7, 11) is 0. The summed E-state index contributed by atoms with van der Waals surface area (Å²) in [5.41, 5.74) is 0.525. The lowest BCUT2D eigenvalue weighted by Gasteiger charge is -2.50. The maximum absolute atomic E-state index is 6.30. The summed E-state index contributed by atoms with van der Waals surface area (Å²) in [6.45, 7) is 7.94. The third kappa shape index (κ3) is 2.68. The monoisotopic (exact) mass is 230 g/mol. The van der Waals surface area contributed by atoms with Gasteiger partial charge in [-0.15, -0.1) is 11.6 Å². The molecular weight excluding hydrogens is 208 g/mol. The van der Waals surface area contributed by atoms with Gasteiger partial charge in [-0.2, -0.15) is 0 Å². The molecule has 1 spiro atoms. The van der Waals surface area contributed by atoms with E-state index in [9.17, 15) is 0 Å². The molecule has 0 radical (unpaired) electrons. The zero-order chi connectivity index (χ0) is 11.1. The van der Waals surface area contributed by atoms with Crippen LogP contribution in [0.15, 0.2) is 0 Å². The Morgan fingerprint density at radius 3 is 2.53 bits per heavy atom. The van der Waals surface area contributed by atoms with Crippen LogP contribution < -0.4 is 0 Å². The van der Waals surface area contributed by atoms with Gasteiger partial charge in [-0.05, 0) is 43.4 Å². The molecule has 1 saturated carbocycles. The van der Waals surface area contributed by atoms with Crippen molar-refractivity contribution in [2.24, 2.45) is 11.3 Å². The molecule has 3 atom stereocenters. The van der Waals surface area contributed by atoms with Gasteiger partial charge in [0, 0.05) is 12.0 Å². The van der Waals surface area contributed by atoms with E-state index in [2.05, 4.69) is 20.8 Å². The number of halogens is 1. The predicted molar refractivity (Wildman–Crippen MR) is 64.4 cm³/mol. The Morgan fingerprint density at radius 1 is 1.20 bits per heavy atom. The van der Waals surface area contributed by atoms with Gasteiger partial charge < -0.3 is 4.74 Å². The van der Waals surface area contributed by atoms with Gasteiger partial charge in [0.05, 0.1) is 5.60 Å². The van der Waals surface area contributed by atoms with E-state index >= 15 is 0 Å². The summed E-state index contributed by atoms with van der Waals surface area (Å²) < 4.78 is 6.10. The molecular formula is C13H23ClO. The third-order valence-corrected chi connectivity index (χ3v) is 4.23. The van der Waals surface area contributed by atoms with Gasteiger partial charge in [-0.3, -0.25) is 0 Å². The second-order valence-corrected chi connectivity index (χ2v) is 7.09. The lowest BCUT2D eigenvalue weighted by Crippen LogP contribution is -2.48. The Bertz CT molecular complexity index is 235. The first-order valence-corrected chi connectivity index (χ1v) is 6.63. The first kappa shape index (κ1) is 11.7. The third-order valence-electron chi connectivity index (χ3n) is 3.86. The first-order chi connectivity index (χ1) is 6.91. The molecule has 2 aliphatic rings. The van der Waals surface area contributed by atoms with Crippen molar-refractivity contribution in [3.05, 3.63) is 0 Å². The highest BCUT2D eigenvalue weighted by molar-refractivity contribution is 6.20. The smallest absolute Gasteiger partial charge is 0.0704 e. The van der Waals surface area contributed by atoms with E-state index in [4.69, 9.17) is 16.3 Å². The molecule has 0 aromatic carbocycles. The molecule has 88 valence electrons. The number of hydrogen-bond acceptors (Lipinski definition) is 1. The van der Waals surface area contributed by atoms with E-state index in [1.54, 1.807) is 0 Å². The van der Waals surface area contributed by atoms with E-state index in [1.807, 2.05) is 0 Å². The Kier molecular flexibility index (Phi) is 3.07. The fraction of sp³-hybridized carbons (Fsp3) is 1.00. The molecule has 2 fully saturated rings. The Labute approximate surface area is 98.5 Å². The first-order valence-electron chi connectivity index (χ1n) is 6.19. The van der Waals surface area contributed by atoms with Crippen LogP contribution in [0.2, 0.25) is 0 Å². The SMILES string of the molecule is CC1CC(C)(C)CC2(C1)CC(Cl)CCO2. The van der Waals surface area contributed by atoms with Crippen molar-refractivity contribution in [2.45, 2.75) is 63.9 Å². The predicted octanol–water partition coefficient (Wildman–Crippen LogP) is 3.99. The van der Waals surface area contributed by atoms with Crippen molar-refractivity contribution >= 4 is 11.6 Å². The summed E-state index contributed by atoms with van der Waals surface area (Å²) in [6, 6.07) is 0. The summed E-state index contributed by atoms with van der Waals surface area (Å²) >= 11 is 6.30. The van der Waals surface area contributed by atoms with Gasteiger partial charge in [0.25, 0.3) is 0 Å². The van der Waals surface area contributed by atoms with Crippen LogP contribution >= 0.6 is 11.6 Å². The maximum atomic E-state index is 6.30. The number of alkyl halides is 1. The second kappa shape index (κ2) is 3.92. The molecule has 0 aromatic rings. The van der Waals surface area contributed by atoms with Gasteiger partial charge in [-0.25, -0.2) is 0 Å². The minimum absolute atomic E-state index is 0.103. The number of hydrogen-bond donors (Lipinski definition) is 0. The fourth-order valence-electron chi connectivity index (χ4n) is 3.90. The molecule has 0 bridgehead atoms.